The van der Waals surface area contributed by atoms with E-state index < -0.39 is 0 Å². The highest BCUT2D eigenvalue weighted by atomic mass is 15.0. The third-order valence-electron chi connectivity index (χ3n) is 3.43. The van der Waals surface area contributed by atoms with Crippen LogP contribution in [0, 0.1) is 6.92 Å². The highest BCUT2D eigenvalue weighted by Gasteiger charge is 2.07. The fourth-order valence-electron chi connectivity index (χ4n) is 2.23. The predicted octanol–water partition coefficient (Wildman–Crippen LogP) is 4.00. The van der Waals surface area contributed by atoms with Crippen LogP contribution < -0.4 is 0 Å². The minimum absolute atomic E-state index is 1.05. The second-order valence-electron chi connectivity index (χ2n) is 4.82. The molecule has 0 heterocycles. The number of rotatable bonds is 3. The second-order valence-corrected chi connectivity index (χ2v) is 4.82. The summed E-state index contributed by atoms with van der Waals surface area (Å²) in [6, 6.07) is 8.62. The zero-order valence-electron chi connectivity index (χ0n) is 12.1. The summed E-state index contributed by atoms with van der Waals surface area (Å²) < 4.78 is 2.36. The van der Waals surface area contributed by atoms with Crippen molar-refractivity contribution in [2.45, 2.75) is 20.8 Å². The van der Waals surface area contributed by atoms with Crippen LogP contribution in [0.15, 0.2) is 54.1 Å². The van der Waals surface area contributed by atoms with E-state index >= 15 is 0 Å². The second kappa shape index (κ2) is 6.33. The lowest BCUT2D eigenvalue weighted by molar-refractivity contribution is -0.519. The minimum atomic E-state index is 1.05. The van der Waals surface area contributed by atoms with Gasteiger partial charge in [0.1, 0.15) is 13.1 Å². The van der Waals surface area contributed by atoms with Gasteiger partial charge in [-0.25, -0.2) is 4.58 Å². The monoisotopic (exact) mass is 252 g/mol. The molecule has 1 aliphatic carbocycles. The standard InChI is InChI=1S/C18H22N/c1-4-19(5-2)18-12-10-17(11-13-18)14-16-8-6-15(3)7-9-16/h6-14H,4-5H2,1-3H3/q+1. The van der Waals surface area contributed by atoms with E-state index in [1.54, 1.807) is 0 Å². The summed E-state index contributed by atoms with van der Waals surface area (Å²) in [5, 5.41) is 0. The first-order valence-corrected chi connectivity index (χ1v) is 6.99. The molecule has 1 aromatic carbocycles. The summed E-state index contributed by atoms with van der Waals surface area (Å²) in [5.74, 6) is 0. The molecule has 0 fully saturated rings. The van der Waals surface area contributed by atoms with E-state index in [1.165, 1.54) is 22.4 Å². The molecule has 0 saturated heterocycles. The third kappa shape index (κ3) is 3.54. The maximum absolute atomic E-state index is 2.36. The van der Waals surface area contributed by atoms with E-state index in [9.17, 15) is 0 Å². The molecule has 0 bridgehead atoms. The quantitative estimate of drug-likeness (QED) is 0.715. The summed E-state index contributed by atoms with van der Waals surface area (Å²) in [5.41, 5.74) is 5.10. The normalized spacial score (nSPS) is 13.8. The predicted molar refractivity (Wildman–Crippen MR) is 83.8 cm³/mol. The molecule has 19 heavy (non-hydrogen) atoms. The van der Waals surface area contributed by atoms with E-state index in [-0.39, 0.29) is 0 Å². The molecule has 0 atom stereocenters. The van der Waals surface area contributed by atoms with Crippen molar-refractivity contribution in [2.75, 3.05) is 13.1 Å². The fourth-order valence-corrected chi connectivity index (χ4v) is 2.23. The van der Waals surface area contributed by atoms with Crippen LogP contribution >= 0.6 is 0 Å². The molecule has 2 rings (SSSR count). The number of hydrogen-bond donors (Lipinski definition) is 0. The maximum Gasteiger partial charge on any atom is 0.199 e. The number of hydrogen-bond acceptors (Lipinski definition) is 0. The molecule has 0 radical (unpaired) electrons. The van der Waals surface area contributed by atoms with E-state index in [0.29, 0.717) is 0 Å². The largest absolute Gasteiger partial charge is 0.231 e. The Balaban J connectivity index is 2.19. The number of allylic oxidation sites excluding steroid dienone is 5. The van der Waals surface area contributed by atoms with Crippen LogP contribution in [0.5, 0.6) is 0 Å². The summed E-state index contributed by atoms with van der Waals surface area (Å²) >= 11 is 0. The Morgan fingerprint density at radius 1 is 0.895 bits per heavy atom. The summed E-state index contributed by atoms with van der Waals surface area (Å²) in [6.45, 7) is 8.60. The van der Waals surface area contributed by atoms with Gasteiger partial charge in [0, 0.05) is 12.2 Å². The Hall–Kier alpha value is -1.89. The molecular formula is C18H22N+. The van der Waals surface area contributed by atoms with Crippen LogP contribution in [0.25, 0.3) is 6.08 Å². The van der Waals surface area contributed by atoms with Gasteiger partial charge in [-0.2, -0.15) is 0 Å². The Morgan fingerprint density at radius 3 is 2.00 bits per heavy atom. The molecular weight excluding hydrogens is 230 g/mol. The Kier molecular flexibility index (Phi) is 4.51. The van der Waals surface area contributed by atoms with Crippen molar-refractivity contribution < 1.29 is 4.58 Å². The van der Waals surface area contributed by atoms with Crippen LogP contribution in [0.2, 0.25) is 0 Å². The topological polar surface area (TPSA) is 3.01 Å². The van der Waals surface area contributed by atoms with Gasteiger partial charge in [0.15, 0.2) is 5.71 Å². The van der Waals surface area contributed by atoms with Crippen molar-refractivity contribution in [3.05, 3.63) is 65.3 Å². The fraction of sp³-hybridized carbons (Fsp3) is 0.278. The van der Waals surface area contributed by atoms with Gasteiger partial charge >= 0.3 is 0 Å². The van der Waals surface area contributed by atoms with Crippen LogP contribution in [-0.4, -0.2) is 23.4 Å². The van der Waals surface area contributed by atoms with Crippen LogP contribution in [0.3, 0.4) is 0 Å². The van der Waals surface area contributed by atoms with E-state index in [0.717, 1.165) is 13.1 Å². The molecule has 0 unspecified atom stereocenters. The van der Waals surface area contributed by atoms with Crippen molar-refractivity contribution in [1.82, 2.24) is 0 Å². The van der Waals surface area contributed by atoms with E-state index in [1.807, 2.05) is 0 Å². The lowest BCUT2D eigenvalue weighted by atomic mass is 10.0. The number of benzene rings is 1. The summed E-state index contributed by atoms with van der Waals surface area (Å²) in [7, 11) is 0. The SMILES string of the molecule is CC[N+](CC)=C1C=CC(=Cc2ccc(C)cc2)C=C1. The van der Waals surface area contributed by atoms with Crippen molar-refractivity contribution in [2.24, 2.45) is 0 Å². The van der Waals surface area contributed by atoms with Gasteiger partial charge in [0.2, 0.25) is 0 Å². The van der Waals surface area contributed by atoms with Crippen LogP contribution in [-0.2, 0) is 0 Å². The number of aryl methyl sites for hydroxylation is 1. The molecule has 1 aliphatic rings. The third-order valence-corrected chi connectivity index (χ3v) is 3.43. The molecule has 0 aromatic heterocycles. The Bertz CT molecular complexity index is 530. The zero-order chi connectivity index (χ0) is 13.7. The van der Waals surface area contributed by atoms with Crippen molar-refractivity contribution >= 4 is 11.8 Å². The van der Waals surface area contributed by atoms with Crippen molar-refractivity contribution in [3.8, 4) is 0 Å². The molecule has 0 saturated carbocycles. The van der Waals surface area contributed by atoms with E-state index in [4.69, 9.17) is 0 Å². The minimum Gasteiger partial charge on any atom is -0.231 e. The highest BCUT2D eigenvalue weighted by molar-refractivity contribution is 6.02. The van der Waals surface area contributed by atoms with Gasteiger partial charge in [-0.3, -0.25) is 0 Å². The first kappa shape index (κ1) is 13.5. The molecule has 1 nitrogen and oxygen atoms in total. The van der Waals surface area contributed by atoms with Crippen molar-refractivity contribution in [3.63, 3.8) is 0 Å². The molecule has 1 aromatic rings. The highest BCUT2D eigenvalue weighted by Crippen LogP contribution is 2.13. The van der Waals surface area contributed by atoms with Crippen molar-refractivity contribution in [1.29, 1.82) is 0 Å². The van der Waals surface area contributed by atoms with Crippen LogP contribution in [0.1, 0.15) is 25.0 Å². The smallest absolute Gasteiger partial charge is 0.199 e. The first-order chi connectivity index (χ1) is 9.22. The molecule has 0 spiro atoms. The van der Waals surface area contributed by atoms with Gasteiger partial charge in [0.25, 0.3) is 0 Å². The Labute approximate surface area is 116 Å². The molecule has 0 amide bonds. The van der Waals surface area contributed by atoms with Gasteiger partial charge in [-0.1, -0.05) is 29.8 Å². The average molecular weight is 252 g/mol. The molecule has 98 valence electrons. The van der Waals surface area contributed by atoms with E-state index in [2.05, 4.69) is 80.0 Å². The molecule has 0 aliphatic heterocycles. The first-order valence-electron chi connectivity index (χ1n) is 6.99. The van der Waals surface area contributed by atoms with Gasteiger partial charge < -0.3 is 0 Å². The zero-order valence-corrected chi connectivity index (χ0v) is 12.1. The summed E-state index contributed by atoms with van der Waals surface area (Å²) in [4.78, 5) is 0. The number of nitrogens with zero attached hydrogens (tertiary/aromatic N) is 1. The van der Waals surface area contributed by atoms with Gasteiger partial charge in [0.05, 0.1) is 0 Å². The van der Waals surface area contributed by atoms with Crippen LogP contribution in [0.4, 0.5) is 0 Å². The lowest BCUT2D eigenvalue weighted by Crippen LogP contribution is -2.18. The van der Waals surface area contributed by atoms with Gasteiger partial charge in [-0.15, -0.1) is 0 Å². The lowest BCUT2D eigenvalue weighted by Gasteiger charge is -2.05. The average Bonchev–Trinajstić information content (AvgIpc) is 2.44. The molecule has 1 heteroatoms. The maximum atomic E-state index is 2.36. The summed E-state index contributed by atoms with van der Waals surface area (Å²) in [6.07, 6.45) is 11.0. The molecule has 0 N–H and O–H groups in total. The Morgan fingerprint density at radius 2 is 1.47 bits per heavy atom. The van der Waals surface area contributed by atoms with Gasteiger partial charge in [-0.05, 0) is 50.1 Å².